The Kier molecular flexibility index (Phi) is 6.73. The maximum atomic E-state index is 13.7. The fourth-order valence-corrected chi connectivity index (χ4v) is 6.63. The Morgan fingerprint density at radius 1 is 0.921 bits per heavy atom. The molecule has 1 saturated heterocycles. The number of rotatable bonds is 6. The smallest absolute Gasteiger partial charge is 0.243 e. The molecule has 1 aromatic heterocycles. The van der Waals surface area contributed by atoms with E-state index in [2.05, 4.69) is 4.90 Å². The van der Waals surface area contributed by atoms with Crippen LogP contribution in [0.5, 0.6) is 5.75 Å². The minimum Gasteiger partial charge on any atom is -0.497 e. The number of morpholine rings is 1. The zero-order valence-electron chi connectivity index (χ0n) is 21.3. The van der Waals surface area contributed by atoms with Crippen LogP contribution in [-0.4, -0.2) is 62.6 Å². The lowest BCUT2D eigenvalue weighted by Gasteiger charge is -2.34. The second kappa shape index (κ2) is 10.3. The summed E-state index contributed by atoms with van der Waals surface area (Å²) in [5, 5.41) is 1.92. The Morgan fingerprint density at radius 2 is 1.74 bits per heavy atom. The quantitative estimate of drug-likeness (QED) is 0.375. The zero-order valence-corrected chi connectivity index (χ0v) is 22.2. The molecule has 0 unspecified atom stereocenters. The molecular formula is C29H30N4O4S. The number of sulfonamides is 1. The molecule has 3 heterocycles. The van der Waals surface area contributed by atoms with E-state index in [0.717, 1.165) is 45.0 Å². The number of hydrogen-bond donors (Lipinski definition) is 0. The first-order chi connectivity index (χ1) is 18.5. The van der Waals surface area contributed by atoms with Gasteiger partial charge < -0.3 is 14.4 Å². The van der Waals surface area contributed by atoms with Gasteiger partial charge in [0.1, 0.15) is 17.4 Å². The zero-order chi connectivity index (χ0) is 26.1. The molecule has 6 rings (SSSR count). The van der Waals surface area contributed by atoms with E-state index in [1.165, 1.54) is 0 Å². The van der Waals surface area contributed by atoms with Gasteiger partial charge in [0.25, 0.3) is 0 Å². The number of methoxy groups -OCH3 is 1. The molecule has 0 aliphatic carbocycles. The molecule has 196 valence electrons. The van der Waals surface area contributed by atoms with E-state index in [4.69, 9.17) is 19.4 Å². The van der Waals surface area contributed by atoms with E-state index in [1.54, 1.807) is 23.5 Å². The lowest BCUT2D eigenvalue weighted by molar-refractivity contribution is 0.122. The maximum Gasteiger partial charge on any atom is 0.243 e. The number of ether oxygens (including phenoxy) is 2. The highest BCUT2D eigenvalue weighted by atomic mass is 32.2. The third-order valence-corrected chi connectivity index (χ3v) is 9.06. The number of nitrogens with zero attached hydrogens (tertiary/aromatic N) is 4. The summed E-state index contributed by atoms with van der Waals surface area (Å²) in [4.78, 5) is 12.4. The number of fused-ring (bicyclic) bond motifs is 2. The normalized spacial score (nSPS) is 16.4. The molecule has 0 bridgehead atoms. The van der Waals surface area contributed by atoms with Crippen LogP contribution >= 0.6 is 0 Å². The van der Waals surface area contributed by atoms with Crippen LogP contribution in [0.1, 0.15) is 22.6 Å². The summed E-state index contributed by atoms with van der Waals surface area (Å²) in [6.07, 6.45) is 1.11. The van der Waals surface area contributed by atoms with Crippen LogP contribution in [0.25, 0.3) is 10.8 Å². The van der Waals surface area contributed by atoms with Crippen LogP contribution in [0.3, 0.4) is 0 Å². The van der Waals surface area contributed by atoms with Crippen molar-refractivity contribution in [1.82, 2.24) is 14.3 Å². The van der Waals surface area contributed by atoms with Crippen LogP contribution in [0.2, 0.25) is 0 Å². The SMILES string of the molecule is COc1cccc(Cc2nc3c(c(N4CCOCC4)n2)CN(S(=O)(=O)c2ccc4ccccc4c2)CC3)c1. The molecule has 3 aromatic carbocycles. The molecule has 4 aromatic rings. The van der Waals surface area contributed by atoms with Gasteiger partial charge in [0.2, 0.25) is 10.0 Å². The van der Waals surface area contributed by atoms with E-state index in [1.807, 2.05) is 54.6 Å². The molecule has 0 saturated carbocycles. The van der Waals surface area contributed by atoms with Gasteiger partial charge in [-0.05, 0) is 40.6 Å². The highest BCUT2D eigenvalue weighted by Crippen LogP contribution is 2.32. The largest absolute Gasteiger partial charge is 0.497 e. The Morgan fingerprint density at radius 3 is 2.55 bits per heavy atom. The first-order valence-electron chi connectivity index (χ1n) is 12.8. The van der Waals surface area contributed by atoms with Crippen molar-refractivity contribution in [2.45, 2.75) is 24.3 Å². The number of benzene rings is 3. The van der Waals surface area contributed by atoms with E-state index in [-0.39, 0.29) is 6.54 Å². The molecule has 0 atom stereocenters. The Labute approximate surface area is 222 Å². The van der Waals surface area contributed by atoms with Crippen LogP contribution in [0.15, 0.2) is 71.6 Å². The maximum absolute atomic E-state index is 13.7. The standard InChI is InChI=1S/C29H30N4O4S/c1-36-24-8-4-5-21(17-24)18-28-30-27-11-12-33(20-26(27)29(31-28)32-13-15-37-16-14-32)38(34,35)25-10-9-22-6-2-3-7-23(22)19-25/h2-10,17,19H,11-16,18,20H2,1H3. The number of hydrogen-bond acceptors (Lipinski definition) is 7. The average Bonchev–Trinajstić information content (AvgIpc) is 2.96. The molecular weight excluding hydrogens is 500 g/mol. The summed E-state index contributed by atoms with van der Waals surface area (Å²) in [6, 6.07) is 21.0. The van der Waals surface area contributed by atoms with Crippen molar-refractivity contribution in [2.75, 3.05) is 44.9 Å². The molecule has 0 amide bonds. The molecule has 2 aliphatic rings. The van der Waals surface area contributed by atoms with Crippen LogP contribution in [-0.2, 0) is 34.1 Å². The molecule has 0 N–H and O–H groups in total. The predicted molar refractivity (Wildman–Crippen MR) is 146 cm³/mol. The molecule has 0 spiro atoms. The molecule has 9 heteroatoms. The summed E-state index contributed by atoms with van der Waals surface area (Å²) in [6.45, 7) is 3.27. The highest BCUT2D eigenvalue weighted by Gasteiger charge is 2.33. The summed E-state index contributed by atoms with van der Waals surface area (Å²) in [5.74, 6) is 2.34. The van der Waals surface area contributed by atoms with Gasteiger partial charge in [-0.2, -0.15) is 4.31 Å². The summed E-state index contributed by atoms with van der Waals surface area (Å²) in [7, 11) is -2.03. The topological polar surface area (TPSA) is 84.9 Å². The van der Waals surface area contributed by atoms with Crippen molar-refractivity contribution in [3.05, 3.63) is 89.4 Å². The van der Waals surface area contributed by atoms with Crippen molar-refractivity contribution in [3.63, 3.8) is 0 Å². The van der Waals surface area contributed by atoms with E-state index in [0.29, 0.717) is 50.6 Å². The van der Waals surface area contributed by atoms with Crippen LogP contribution < -0.4 is 9.64 Å². The number of aromatic nitrogens is 2. The minimum absolute atomic E-state index is 0.247. The summed E-state index contributed by atoms with van der Waals surface area (Å²) in [5.41, 5.74) is 2.87. The lowest BCUT2D eigenvalue weighted by Crippen LogP contribution is -2.41. The first-order valence-corrected chi connectivity index (χ1v) is 14.3. The van der Waals surface area contributed by atoms with Gasteiger partial charge in [-0.15, -0.1) is 0 Å². The Hall–Kier alpha value is -3.53. The molecule has 8 nitrogen and oxygen atoms in total. The second-order valence-corrected chi connectivity index (χ2v) is 11.6. The van der Waals surface area contributed by atoms with Crippen molar-refractivity contribution in [2.24, 2.45) is 0 Å². The Balaban J connectivity index is 1.35. The predicted octanol–water partition coefficient (Wildman–Crippen LogP) is 3.81. The van der Waals surface area contributed by atoms with Gasteiger partial charge in [0.15, 0.2) is 0 Å². The van der Waals surface area contributed by atoms with E-state index in [9.17, 15) is 8.42 Å². The van der Waals surface area contributed by atoms with Gasteiger partial charge in [-0.1, -0.05) is 42.5 Å². The van der Waals surface area contributed by atoms with Crippen LogP contribution in [0.4, 0.5) is 5.82 Å². The molecule has 0 radical (unpaired) electrons. The lowest BCUT2D eigenvalue weighted by atomic mass is 10.1. The second-order valence-electron chi connectivity index (χ2n) is 9.61. The van der Waals surface area contributed by atoms with Gasteiger partial charge >= 0.3 is 0 Å². The van der Waals surface area contributed by atoms with Crippen molar-refractivity contribution >= 4 is 26.6 Å². The van der Waals surface area contributed by atoms with Crippen molar-refractivity contribution in [1.29, 1.82) is 0 Å². The Bertz CT molecular complexity index is 1590. The third-order valence-electron chi connectivity index (χ3n) is 7.22. The van der Waals surface area contributed by atoms with Gasteiger partial charge in [0.05, 0.1) is 30.9 Å². The molecule has 2 aliphatic heterocycles. The summed E-state index contributed by atoms with van der Waals surface area (Å²) >= 11 is 0. The monoisotopic (exact) mass is 530 g/mol. The number of anilines is 1. The van der Waals surface area contributed by atoms with E-state index >= 15 is 0 Å². The first kappa shape index (κ1) is 24.8. The molecule has 1 fully saturated rings. The van der Waals surface area contributed by atoms with Crippen molar-refractivity contribution in [3.8, 4) is 5.75 Å². The van der Waals surface area contributed by atoms with E-state index < -0.39 is 10.0 Å². The third kappa shape index (κ3) is 4.84. The van der Waals surface area contributed by atoms with Gasteiger partial charge in [-0.3, -0.25) is 0 Å². The fraction of sp³-hybridized carbons (Fsp3) is 0.310. The van der Waals surface area contributed by atoms with Crippen molar-refractivity contribution < 1.29 is 17.9 Å². The van der Waals surface area contributed by atoms with Crippen LogP contribution in [0, 0.1) is 0 Å². The molecule has 38 heavy (non-hydrogen) atoms. The van der Waals surface area contributed by atoms with Gasteiger partial charge in [-0.25, -0.2) is 18.4 Å². The van der Waals surface area contributed by atoms with Gasteiger partial charge in [0, 0.05) is 44.6 Å². The minimum atomic E-state index is -3.69. The highest BCUT2D eigenvalue weighted by molar-refractivity contribution is 7.89. The average molecular weight is 531 g/mol. The summed E-state index contributed by atoms with van der Waals surface area (Å²) < 4.78 is 40.0. The fourth-order valence-electron chi connectivity index (χ4n) is 5.18.